The molecule has 0 amide bonds. The Bertz CT molecular complexity index is 551. The van der Waals surface area contributed by atoms with Crippen molar-refractivity contribution in [3.8, 4) is 11.5 Å². The van der Waals surface area contributed by atoms with E-state index in [9.17, 15) is 8.42 Å². The number of aliphatic hydroxyl groups is 1. The highest BCUT2D eigenvalue weighted by molar-refractivity contribution is 7.89. The van der Waals surface area contributed by atoms with E-state index < -0.39 is 10.0 Å². The lowest BCUT2D eigenvalue weighted by Gasteiger charge is -2.37. The van der Waals surface area contributed by atoms with Crippen LogP contribution in [0.15, 0.2) is 23.1 Å². The second kappa shape index (κ2) is 5.36. The molecular weight excluding hydrogens is 270 g/mol. The number of hydrogen-bond donors (Lipinski definition) is 1. The first kappa shape index (κ1) is 14.1. The maximum absolute atomic E-state index is 12.4. The van der Waals surface area contributed by atoms with Gasteiger partial charge in [-0.05, 0) is 12.1 Å². The Hall–Kier alpha value is -1.31. The van der Waals surface area contributed by atoms with Crippen LogP contribution in [-0.4, -0.2) is 51.7 Å². The number of benzene rings is 1. The number of methoxy groups -OCH3 is 2. The van der Waals surface area contributed by atoms with Gasteiger partial charge < -0.3 is 14.6 Å². The third kappa shape index (κ3) is 2.54. The monoisotopic (exact) mass is 287 g/mol. The topological polar surface area (TPSA) is 76.1 Å². The second-order valence-corrected chi connectivity index (χ2v) is 6.29. The summed E-state index contributed by atoms with van der Waals surface area (Å²) in [4.78, 5) is 0.0886. The van der Waals surface area contributed by atoms with Crippen LogP contribution in [0.1, 0.15) is 0 Å². The van der Waals surface area contributed by atoms with Gasteiger partial charge in [0.25, 0.3) is 0 Å². The molecule has 1 saturated heterocycles. The van der Waals surface area contributed by atoms with Gasteiger partial charge >= 0.3 is 0 Å². The molecule has 0 radical (unpaired) electrons. The van der Waals surface area contributed by atoms with Gasteiger partial charge in [0.2, 0.25) is 10.0 Å². The van der Waals surface area contributed by atoms with Crippen LogP contribution in [0.5, 0.6) is 11.5 Å². The average Bonchev–Trinajstić information content (AvgIpc) is 2.36. The zero-order valence-corrected chi connectivity index (χ0v) is 11.7. The molecule has 1 fully saturated rings. The highest BCUT2D eigenvalue weighted by atomic mass is 32.2. The Balaban J connectivity index is 2.34. The van der Waals surface area contributed by atoms with Gasteiger partial charge in [0.1, 0.15) is 16.4 Å². The Morgan fingerprint density at radius 3 is 2.53 bits per heavy atom. The van der Waals surface area contributed by atoms with E-state index in [1.54, 1.807) is 12.1 Å². The molecule has 0 aliphatic carbocycles. The molecule has 106 valence electrons. The summed E-state index contributed by atoms with van der Waals surface area (Å²) in [6.45, 7) is 0.666. The maximum Gasteiger partial charge on any atom is 0.246 e. The van der Waals surface area contributed by atoms with Crippen molar-refractivity contribution in [3.05, 3.63) is 18.2 Å². The van der Waals surface area contributed by atoms with Crippen molar-refractivity contribution in [3.63, 3.8) is 0 Å². The molecule has 1 aromatic carbocycles. The second-order valence-electron chi connectivity index (χ2n) is 4.39. The first-order chi connectivity index (χ1) is 9.02. The molecule has 0 saturated carbocycles. The zero-order chi connectivity index (χ0) is 14.0. The molecule has 1 N–H and O–H groups in total. The molecule has 0 bridgehead atoms. The van der Waals surface area contributed by atoms with Crippen molar-refractivity contribution in [2.45, 2.75) is 4.90 Å². The number of aliphatic hydroxyl groups excluding tert-OH is 1. The van der Waals surface area contributed by atoms with Crippen LogP contribution in [0.25, 0.3) is 0 Å². The van der Waals surface area contributed by atoms with Gasteiger partial charge in [-0.3, -0.25) is 0 Å². The van der Waals surface area contributed by atoms with E-state index >= 15 is 0 Å². The lowest BCUT2D eigenvalue weighted by molar-refractivity contribution is 0.117. The Morgan fingerprint density at radius 1 is 1.32 bits per heavy atom. The van der Waals surface area contributed by atoms with Crippen LogP contribution >= 0.6 is 0 Å². The van der Waals surface area contributed by atoms with Crippen molar-refractivity contribution < 1.29 is 23.0 Å². The maximum atomic E-state index is 12.4. The fraction of sp³-hybridized carbons (Fsp3) is 0.500. The summed E-state index contributed by atoms with van der Waals surface area (Å²) < 4.78 is 36.3. The Morgan fingerprint density at radius 2 is 2.00 bits per heavy atom. The van der Waals surface area contributed by atoms with Gasteiger partial charge in [-0.1, -0.05) is 0 Å². The van der Waals surface area contributed by atoms with Crippen LogP contribution in [0.4, 0.5) is 0 Å². The Labute approximate surface area is 112 Å². The first-order valence-electron chi connectivity index (χ1n) is 5.86. The van der Waals surface area contributed by atoms with Crippen LogP contribution in [-0.2, 0) is 10.0 Å². The first-order valence-corrected chi connectivity index (χ1v) is 7.30. The minimum atomic E-state index is -3.60. The molecule has 1 heterocycles. The van der Waals surface area contributed by atoms with E-state index in [1.165, 1.54) is 24.6 Å². The number of ether oxygens (including phenoxy) is 2. The predicted molar refractivity (Wildman–Crippen MR) is 68.9 cm³/mol. The minimum absolute atomic E-state index is 0.00126. The SMILES string of the molecule is COc1ccc(OC)c(S(=O)(=O)N2CC(CO)C2)c1. The highest BCUT2D eigenvalue weighted by Gasteiger charge is 2.37. The van der Waals surface area contributed by atoms with E-state index in [4.69, 9.17) is 14.6 Å². The third-order valence-corrected chi connectivity index (χ3v) is 5.02. The molecule has 19 heavy (non-hydrogen) atoms. The summed E-state index contributed by atoms with van der Waals surface area (Å²) in [5, 5.41) is 8.96. The van der Waals surface area contributed by atoms with Crippen LogP contribution < -0.4 is 9.47 Å². The summed E-state index contributed by atoms with van der Waals surface area (Å²) in [6, 6.07) is 4.65. The molecule has 6 nitrogen and oxygen atoms in total. The quantitative estimate of drug-likeness (QED) is 0.844. The number of sulfonamides is 1. The molecule has 1 aliphatic rings. The van der Waals surface area contributed by atoms with Gasteiger partial charge in [-0.2, -0.15) is 4.31 Å². The molecule has 1 aliphatic heterocycles. The lowest BCUT2D eigenvalue weighted by atomic mass is 10.1. The van der Waals surface area contributed by atoms with Crippen molar-refractivity contribution in [1.82, 2.24) is 4.31 Å². The number of hydrogen-bond acceptors (Lipinski definition) is 5. The number of nitrogens with zero attached hydrogens (tertiary/aromatic N) is 1. The van der Waals surface area contributed by atoms with E-state index in [0.29, 0.717) is 18.8 Å². The third-order valence-electron chi connectivity index (χ3n) is 3.17. The van der Waals surface area contributed by atoms with Gasteiger partial charge in [0.15, 0.2) is 0 Å². The van der Waals surface area contributed by atoms with Crippen LogP contribution in [0, 0.1) is 5.92 Å². The van der Waals surface area contributed by atoms with Crippen molar-refractivity contribution >= 4 is 10.0 Å². The standard InChI is InChI=1S/C12H17NO5S/c1-17-10-3-4-11(18-2)12(5-10)19(15,16)13-6-9(7-13)8-14/h3-5,9,14H,6-8H2,1-2H3. The summed E-state index contributed by atoms with van der Waals surface area (Å²) in [5.41, 5.74) is 0. The Kier molecular flexibility index (Phi) is 3.98. The van der Waals surface area contributed by atoms with Crippen molar-refractivity contribution in [1.29, 1.82) is 0 Å². The normalized spacial score (nSPS) is 17.0. The van der Waals surface area contributed by atoms with E-state index in [-0.39, 0.29) is 23.2 Å². The molecule has 0 unspecified atom stereocenters. The van der Waals surface area contributed by atoms with Gasteiger partial charge in [-0.15, -0.1) is 0 Å². The summed E-state index contributed by atoms with van der Waals surface area (Å²) >= 11 is 0. The fourth-order valence-electron chi connectivity index (χ4n) is 1.96. The van der Waals surface area contributed by atoms with E-state index in [2.05, 4.69) is 0 Å². The summed E-state index contributed by atoms with van der Waals surface area (Å²) in [7, 11) is -0.703. The molecule has 0 atom stereocenters. The molecule has 7 heteroatoms. The minimum Gasteiger partial charge on any atom is -0.497 e. The van der Waals surface area contributed by atoms with Gasteiger partial charge in [0.05, 0.1) is 14.2 Å². The number of rotatable bonds is 5. The van der Waals surface area contributed by atoms with E-state index in [0.717, 1.165) is 0 Å². The summed E-state index contributed by atoms with van der Waals surface area (Å²) in [6.07, 6.45) is 0. The van der Waals surface area contributed by atoms with Gasteiger partial charge in [-0.25, -0.2) is 8.42 Å². The smallest absolute Gasteiger partial charge is 0.246 e. The van der Waals surface area contributed by atoms with Crippen LogP contribution in [0.3, 0.4) is 0 Å². The molecule has 0 aromatic heterocycles. The highest BCUT2D eigenvalue weighted by Crippen LogP contribution is 2.33. The fourth-order valence-corrected chi connectivity index (χ4v) is 3.72. The average molecular weight is 287 g/mol. The molecular formula is C12H17NO5S. The molecule has 2 rings (SSSR count). The molecule has 1 aromatic rings. The summed E-state index contributed by atoms with van der Waals surface area (Å²) in [5.74, 6) is 0.762. The van der Waals surface area contributed by atoms with Gasteiger partial charge in [0, 0.05) is 31.7 Å². The largest absolute Gasteiger partial charge is 0.497 e. The van der Waals surface area contributed by atoms with Crippen molar-refractivity contribution in [2.24, 2.45) is 5.92 Å². The van der Waals surface area contributed by atoms with E-state index in [1.807, 2.05) is 0 Å². The zero-order valence-electron chi connectivity index (χ0n) is 10.9. The lowest BCUT2D eigenvalue weighted by Crippen LogP contribution is -2.51. The van der Waals surface area contributed by atoms with Crippen molar-refractivity contribution in [2.75, 3.05) is 33.9 Å². The molecule has 0 spiro atoms. The van der Waals surface area contributed by atoms with Crippen LogP contribution in [0.2, 0.25) is 0 Å². The predicted octanol–water partition coefficient (Wildman–Crippen LogP) is 0.317.